The highest BCUT2D eigenvalue weighted by Crippen LogP contribution is 2.22. The van der Waals surface area contributed by atoms with E-state index < -0.39 is 0 Å². The first-order valence-electron chi connectivity index (χ1n) is 10.2. The molecular formula is C24H27N5O. The lowest BCUT2D eigenvalue weighted by molar-refractivity contribution is -0.112. The van der Waals surface area contributed by atoms with Gasteiger partial charge in [-0.3, -0.25) is 9.78 Å². The molecule has 0 saturated carbocycles. The third-order valence-corrected chi connectivity index (χ3v) is 4.47. The van der Waals surface area contributed by atoms with Gasteiger partial charge >= 0.3 is 0 Å². The van der Waals surface area contributed by atoms with Crippen molar-refractivity contribution in [2.24, 2.45) is 0 Å². The lowest BCUT2D eigenvalue weighted by Gasteiger charge is -2.07. The van der Waals surface area contributed by atoms with Crippen molar-refractivity contribution in [3.8, 4) is 11.5 Å². The number of fused-ring (bicyclic) bond motifs is 1. The molecule has 30 heavy (non-hydrogen) atoms. The van der Waals surface area contributed by atoms with Crippen molar-refractivity contribution >= 4 is 22.6 Å². The summed E-state index contributed by atoms with van der Waals surface area (Å²) in [5.74, 6) is 0.537. The Kier molecular flexibility index (Phi) is 7.16. The quantitative estimate of drug-likeness (QED) is 0.368. The zero-order valence-electron chi connectivity index (χ0n) is 17.6. The summed E-state index contributed by atoms with van der Waals surface area (Å²) in [6.45, 7) is 6.82. The number of allylic oxidation sites excluding steroid dienone is 3. The third-order valence-electron chi connectivity index (χ3n) is 4.47. The van der Waals surface area contributed by atoms with Crippen molar-refractivity contribution in [1.29, 1.82) is 0 Å². The number of rotatable bonds is 8. The SMILES string of the molecule is C\C=C(/C=C\C(=C\CC)NCC)C(=O)Nc1ccc2nc(-c3ccccn3)[nH]c2c1. The fourth-order valence-corrected chi connectivity index (χ4v) is 3.02. The number of carbonyl (C=O) groups excluding carboxylic acids is 1. The summed E-state index contributed by atoms with van der Waals surface area (Å²) < 4.78 is 0. The fraction of sp³-hybridized carbons (Fsp3) is 0.208. The molecular weight excluding hydrogens is 374 g/mol. The number of benzene rings is 1. The van der Waals surface area contributed by atoms with Gasteiger partial charge < -0.3 is 15.6 Å². The normalized spacial score (nSPS) is 12.5. The molecule has 2 heterocycles. The summed E-state index contributed by atoms with van der Waals surface area (Å²) in [7, 11) is 0. The van der Waals surface area contributed by atoms with E-state index in [4.69, 9.17) is 0 Å². The Hall–Kier alpha value is -3.67. The number of nitrogens with one attached hydrogen (secondary N) is 3. The summed E-state index contributed by atoms with van der Waals surface area (Å²) in [5, 5.41) is 6.25. The van der Waals surface area contributed by atoms with E-state index in [1.807, 2.05) is 62.4 Å². The Morgan fingerprint density at radius 3 is 2.73 bits per heavy atom. The highest BCUT2D eigenvalue weighted by Gasteiger charge is 2.10. The summed E-state index contributed by atoms with van der Waals surface area (Å²) in [5.41, 5.74) is 4.73. The van der Waals surface area contributed by atoms with Crippen molar-refractivity contribution in [1.82, 2.24) is 20.3 Å². The fourth-order valence-electron chi connectivity index (χ4n) is 3.02. The van der Waals surface area contributed by atoms with Gasteiger partial charge in [-0.25, -0.2) is 4.98 Å². The number of hydrogen-bond donors (Lipinski definition) is 3. The maximum absolute atomic E-state index is 12.7. The van der Waals surface area contributed by atoms with Gasteiger partial charge in [0.25, 0.3) is 5.91 Å². The molecule has 0 fully saturated rings. The van der Waals surface area contributed by atoms with Crippen LogP contribution in [-0.2, 0) is 4.79 Å². The number of imidazole rings is 1. The maximum atomic E-state index is 12.7. The third kappa shape index (κ3) is 5.23. The smallest absolute Gasteiger partial charge is 0.255 e. The first-order chi connectivity index (χ1) is 14.6. The zero-order valence-corrected chi connectivity index (χ0v) is 17.6. The number of carbonyl (C=O) groups is 1. The molecule has 0 unspecified atom stereocenters. The van der Waals surface area contributed by atoms with E-state index >= 15 is 0 Å². The Labute approximate surface area is 176 Å². The first-order valence-corrected chi connectivity index (χ1v) is 10.2. The summed E-state index contributed by atoms with van der Waals surface area (Å²) >= 11 is 0. The molecule has 0 aliphatic heterocycles. The molecule has 2 aromatic heterocycles. The number of H-pyrrole nitrogens is 1. The van der Waals surface area contributed by atoms with Crippen molar-refractivity contribution < 1.29 is 4.79 Å². The predicted molar refractivity (Wildman–Crippen MR) is 123 cm³/mol. The number of anilines is 1. The van der Waals surface area contributed by atoms with Gasteiger partial charge in [0.05, 0.1) is 11.0 Å². The minimum absolute atomic E-state index is 0.162. The van der Waals surface area contributed by atoms with Crippen molar-refractivity contribution in [2.75, 3.05) is 11.9 Å². The van der Waals surface area contributed by atoms with Crippen LogP contribution in [0.2, 0.25) is 0 Å². The molecule has 154 valence electrons. The van der Waals surface area contributed by atoms with Crippen molar-refractivity contribution in [3.05, 3.63) is 78.2 Å². The number of pyridine rings is 1. The Bertz CT molecular complexity index is 1090. The molecule has 0 aliphatic carbocycles. The van der Waals surface area contributed by atoms with E-state index in [-0.39, 0.29) is 5.91 Å². The van der Waals surface area contributed by atoms with Crippen LogP contribution in [0.1, 0.15) is 27.2 Å². The van der Waals surface area contributed by atoms with Gasteiger partial charge in [0.1, 0.15) is 5.69 Å². The molecule has 6 nitrogen and oxygen atoms in total. The molecule has 0 bridgehead atoms. The Morgan fingerprint density at radius 2 is 2.03 bits per heavy atom. The van der Waals surface area contributed by atoms with Gasteiger partial charge in [0.15, 0.2) is 5.82 Å². The topological polar surface area (TPSA) is 82.7 Å². The van der Waals surface area contributed by atoms with Crippen LogP contribution in [0.4, 0.5) is 5.69 Å². The Balaban J connectivity index is 1.76. The van der Waals surface area contributed by atoms with Crippen LogP contribution in [0.25, 0.3) is 22.6 Å². The molecule has 3 aromatic rings. The van der Waals surface area contributed by atoms with Crippen LogP contribution in [0, 0.1) is 0 Å². The molecule has 1 amide bonds. The number of aromatic amines is 1. The highest BCUT2D eigenvalue weighted by molar-refractivity contribution is 6.06. The molecule has 0 saturated heterocycles. The van der Waals surface area contributed by atoms with Gasteiger partial charge in [-0.15, -0.1) is 0 Å². The summed E-state index contributed by atoms with van der Waals surface area (Å²) in [6.07, 6.45) is 10.3. The monoisotopic (exact) mass is 401 g/mol. The number of aromatic nitrogens is 3. The summed E-state index contributed by atoms with van der Waals surface area (Å²) in [6, 6.07) is 11.3. The maximum Gasteiger partial charge on any atom is 0.255 e. The average molecular weight is 402 g/mol. The molecule has 0 radical (unpaired) electrons. The van der Waals surface area contributed by atoms with Gasteiger partial charge in [0.2, 0.25) is 0 Å². The molecule has 6 heteroatoms. The minimum atomic E-state index is -0.162. The molecule has 1 aromatic carbocycles. The average Bonchev–Trinajstić information content (AvgIpc) is 3.18. The lowest BCUT2D eigenvalue weighted by Crippen LogP contribution is -2.14. The highest BCUT2D eigenvalue weighted by atomic mass is 16.1. The number of likely N-dealkylation sites (N-methyl/N-ethyl adjacent to an activating group) is 1. The first kappa shape index (κ1) is 21.0. The van der Waals surface area contributed by atoms with Crippen molar-refractivity contribution in [3.63, 3.8) is 0 Å². The van der Waals surface area contributed by atoms with E-state index in [1.54, 1.807) is 12.3 Å². The molecule has 0 aliphatic rings. The van der Waals surface area contributed by atoms with Crippen LogP contribution in [0.5, 0.6) is 0 Å². The predicted octanol–water partition coefficient (Wildman–Crippen LogP) is 4.97. The molecule has 3 N–H and O–H groups in total. The van der Waals surface area contributed by atoms with Crippen molar-refractivity contribution in [2.45, 2.75) is 27.2 Å². The lowest BCUT2D eigenvalue weighted by atomic mass is 10.2. The van der Waals surface area contributed by atoms with Gasteiger partial charge in [0, 0.05) is 29.7 Å². The number of hydrogen-bond acceptors (Lipinski definition) is 4. The second-order valence-corrected chi connectivity index (χ2v) is 6.66. The number of nitrogens with zero attached hydrogens (tertiary/aromatic N) is 2. The molecule has 0 spiro atoms. The number of amides is 1. The summed E-state index contributed by atoms with van der Waals surface area (Å²) in [4.78, 5) is 24.9. The zero-order chi connectivity index (χ0) is 21.3. The van der Waals surface area contributed by atoms with Gasteiger partial charge in [-0.1, -0.05) is 25.1 Å². The van der Waals surface area contributed by atoms with Gasteiger partial charge in [-0.05, 0) is 62.8 Å². The van der Waals surface area contributed by atoms with Crippen LogP contribution in [0.3, 0.4) is 0 Å². The van der Waals surface area contributed by atoms with Gasteiger partial charge in [-0.2, -0.15) is 0 Å². The van der Waals surface area contributed by atoms with E-state index in [0.29, 0.717) is 17.1 Å². The van der Waals surface area contributed by atoms with Crippen LogP contribution >= 0.6 is 0 Å². The Morgan fingerprint density at radius 1 is 1.17 bits per heavy atom. The van der Waals surface area contributed by atoms with Crippen LogP contribution in [0.15, 0.2) is 78.2 Å². The van der Waals surface area contributed by atoms with E-state index in [1.165, 1.54) is 0 Å². The molecule has 3 rings (SSSR count). The molecule has 0 atom stereocenters. The standard InChI is InChI=1S/C24H27N5O/c1-4-9-18(25-6-3)12-11-17(5-2)24(30)27-19-13-14-20-22(16-19)29-23(28-20)21-10-7-8-15-26-21/h5,7-16,25H,4,6H2,1-3H3,(H,27,30)(H,28,29)/b12-11-,17-5+,18-9-. The minimum Gasteiger partial charge on any atom is -0.386 e. The van der Waals surface area contributed by atoms with E-state index in [9.17, 15) is 4.79 Å². The van der Waals surface area contributed by atoms with E-state index in [0.717, 1.165) is 35.4 Å². The van der Waals surface area contributed by atoms with Crippen LogP contribution in [-0.4, -0.2) is 27.4 Å². The van der Waals surface area contributed by atoms with Crippen LogP contribution < -0.4 is 10.6 Å². The largest absolute Gasteiger partial charge is 0.386 e. The second-order valence-electron chi connectivity index (χ2n) is 6.66. The second kappa shape index (κ2) is 10.2. The van der Waals surface area contributed by atoms with E-state index in [2.05, 4.69) is 38.6 Å².